The summed E-state index contributed by atoms with van der Waals surface area (Å²) in [7, 11) is 2.98. The predicted molar refractivity (Wildman–Crippen MR) is 100 cm³/mol. The molecule has 2 fully saturated rings. The normalized spacial score (nSPS) is 25.8. The summed E-state index contributed by atoms with van der Waals surface area (Å²) in [5.41, 5.74) is 0. The molecular formula is C18H30N2O10Pt. The number of carboxylic acid groups (broad SMARTS) is 2. The number of carbonyl (C=O) groups excluding carboxylic acids is 2. The number of rotatable bonds is 12. The van der Waals surface area contributed by atoms with Gasteiger partial charge in [-0.15, -0.1) is 0 Å². The number of carbonyl (C=O) groups is 4. The molecule has 13 heteroatoms. The van der Waals surface area contributed by atoms with E-state index in [1.165, 1.54) is 14.2 Å². The Morgan fingerprint density at radius 3 is 1.39 bits per heavy atom. The molecule has 0 radical (unpaired) electrons. The zero-order valence-corrected chi connectivity index (χ0v) is 20.0. The third-order valence-electron chi connectivity index (χ3n) is 4.83. The Morgan fingerprint density at radius 2 is 1.16 bits per heavy atom. The fourth-order valence-corrected chi connectivity index (χ4v) is 3.28. The van der Waals surface area contributed by atoms with Gasteiger partial charge in [-0.25, -0.2) is 0 Å². The summed E-state index contributed by atoms with van der Waals surface area (Å²) in [6.07, 6.45) is -0.806. The van der Waals surface area contributed by atoms with E-state index in [1.807, 2.05) is 0 Å². The van der Waals surface area contributed by atoms with Gasteiger partial charge in [0.1, 0.15) is 13.6 Å². The minimum absolute atomic E-state index is 0. The first-order chi connectivity index (χ1) is 14.1. The van der Waals surface area contributed by atoms with Crippen molar-refractivity contribution in [3.8, 4) is 0 Å². The summed E-state index contributed by atoms with van der Waals surface area (Å²) in [6.45, 7) is 3.67. The molecule has 2 saturated heterocycles. The number of methoxy groups -OCH3 is 2. The molecule has 2 heterocycles. The van der Waals surface area contributed by atoms with Crippen LogP contribution in [0.15, 0.2) is 0 Å². The van der Waals surface area contributed by atoms with Crippen molar-refractivity contribution in [2.45, 2.75) is 51.0 Å². The molecule has 0 aromatic carbocycles. The molecule has 0 aromatic heterocycles. The van der Waals surface area contributed by atoms with Crippen LogP contribution in [0.4, 0.5) is 0 Å². The van der Waals surface area contributed by atoms with Gasteiger partial charge in [0, 0.05) is 35.3 Å². The summed E-state index contributed by atoms with van der Waals surface area (Å²) < 4.78 is 19.8. The smallest absolute Gasteiger partial charge is 0.305 e. The molecule has 2 aliphatic heterocycles. The molecule has 4 N–H and O–H groups in total. The fraction of sp³-hybridized carbons (Fsp3) is 0.778. The second-order valence-electron chi connectivity index (χ2n) is 7.03. The van der Waals surface area contributed by atoms with E-state index in [1.54, 1.807) is 13.8 Å². The van der Waals surface area contributed by atoms with Crippen LogP contribution in [0.5, 0.6) is 0 Å². The van der Waals surface area contributed by atoms with Crippen molar-refractivity contribution in [2.75, 3.05) is 27.8 Å². The van der Waals surface area contributed by atoms with E-state index in [0.29, 0.717) is 0 Å². The SMILES string of the molecule is COCOC(C)C1C(=O)NC1CC(=O)O.COCOC(C)C1C(=O)NC1CC(=O)O.[Pt]. The Morgan fingerprint density at radius 1 is 0.839 bits per heavy atom. The van der Waals surface area contributed by atoms with Crippen LogP contribution in [0.1, 0.15) is 26.7 Å². The van der Waals surface area contributed by atoms with Crippen LogP contribution in [0, 0.1) is 11.8 Å². The predicted octanol–water partition coefficient (Wildman–Crippen LogP) is -0.833. The zero-order chi connectivity index (χ0) is 22.8. The van der Waals surface area contributed by atoms with Crippen LogP contribution in [-0.4, -0.2) is 86.1 Å². The maximum absolute atomic E-state index is 11.2. The Kier molecular flexibility index (Phi) is 13.7. The minimum atomic E-state index is -0.927. The molecule has 2 rings (SSSR count). The van der Waals surface area contributed by atoms with Gasteiger partial charge in [-0.1, -0.05) is 0 Å². The second kappa shape index (κ2) is 14.5. The average Bonchev–Trinajstić information content (AvgIpc) is 2.63. The standard InChI is InChI=1S/2C9H15NO5.Pt/c2*1-5(15-4-14-2)8-6(3-7(11)12)10-9(8)13;/h2*5-6,8H,3-4H2,1-2H3,(H,10,13)(H,11,12);. The van der Waals surface area contributed by atoms with E-state index < -0.39 is 23.8 Å². The number of amides is 2. The average molecular weight is 630 g/mol. The van der Waals surface area contributed by atoms with E-state index in [2.05, 4.69) is 10.6 Å². The molecular weight excluding hydrogens is 599 g/mol. The van der Waals surface area contributed by atoms with E-state index in [-0.39, 0.29) is 83.6 Å². The molecule has 6 atom stereocenters. The van der Waals surface area contributed by atoms with Gasteiger partial charge < -0.3 is 39.8 Å². The molecule has 12 nitrogen and oxygen atoms in total. The molecule has 31 heavy (non-hydrogen) atoms. The van der Waals surface area contributed by atoms with Gasteiger partial charge in [0.2, 0.25) is 11.8 Å². The van der Waals surface area contributed by atoms with Crippen LogP contribution < -0.4 is 10.6 Å². The van der Waals surface area contributed by atoms with Gasteiger partial charge >= 0.3 is 11.9 Å². The van der Waals surface area contributed by atoms with E-state index in [9.17, 15) is 19.2 Å². The second-order valence-corrected chi connectivity index (χ2v) is 7.03. The molecule has 2 aliphatic rings. The quantitative estimate of drug-likeness (QED) is 0.158. The molecule has 0 bridgehead atoms. The summed E-state index contributed by atoms with van der Waals surface area (Å²) in [5, 5.41) is 22.3. The van der Waals surface area contributed by atoms with Crippen molar-refractivity contribution >= 4 is 23.8 Å². The number of hydrogen-bond donors (Lipinski definition) is 4. The van der Waals surface area contributed by atoms with Crippen molar-refractivity contribution < 1.29 is 69.4 Å². The number of hydrogen-bond acceptors (Lipinski definition) is 8. The fourth-order valence-electron chi connectivity index (χ4n) is 3.28. The third kappa shape index (κ3) is 9.20. The van der Waals surface area contributed by atoms with Crippen LogP contribution >= 0.6 is 0 Å². The van der Waals surface area contributed by atoms with Crippen molar-refractivity contribution in [3.05, 3.63) is 0 Å². The third-order valence-corrected chi connectivity index (χ3v) is 4.83. The number of nitrogens with one attached hydrogen (secondary N) is 2. The van der Waals surface area contributed by atoms with E-state index in [0.717, 1.165) is 0 Å². The van der Waals surface area contributed by atoms with Crippen molar-refractivity contribution in [1.29, 1.82) is 0 Å². The van der Waals surface area contributed by atoms with Gasteiger partial charge in [0.05, 0.1) is 49.0 Å². The molecule has 0 saturated carbocycles. The number of aliphatic carboxylic acids is 2. The van der Waals surface area contributed by atoms with Crippen molar-refractivity contribution in [3.63, 3.8) is 0 Å². The Hall–Kier alpha value is -1.59. The summed E-state index contributed by atoms with van der Waals surface area (Å²) in [5.74, 6) is -2.96. The minimum Gasteiger partial charge on any atom is -0.481 e. The zero-order valence-electron chi connectivity index (χ0n) is 17.8. The van der Waals surface area contributed by atoms with Crippen LogP contribution in [-0.2, 0) is 59.2 Å². The van der Waals surface area contributed by atoms with Crippen LogP contribution in [0.2, 0.25) is 0 Å². The first-order valence-corrected chi connectivity index (χ1v) is 9.37. The maximum Gasteiger partial charge on any atom is 0.305 e. The van der Waals surface area contributed by atoms with Crippen LogP contribution in [0.3, 0.4) is 0 Å². The van der Waals surface area contributed by atoms with Crippen molar-refractivity contribution in [2.24, 2.45) is 11.8 Å². The molecule has 6 unspecified atom stereocenters. The largest absolute Gasteiger partial charge is 0.481 e. The Balaban J connectivity index is 0.000000562. The van der Waals surface area contributed by atoms with Gasteiger partial charge in [-0.2, -0.15) is 0 Å². The Bertz CT molecular complexity index is 568. The Labute approximate surface area is 194 Å². The maximum atomic E-state index is 11.2. The van der Waals surface area contributed by atoms with Gasteiger partial charge in [-0.05, 0) is 13.8 Å². The number of ether oxygens (including phenoxy) is 4. The monoisotopic (exact) mass is 629 g/mol. The molecule has 0 spiro atoms. The summed E-state index contributed by atoms with van der Waals surface area (Å²) >= 11 is 0. The van der Waals surface area contributed by atoms with Crippen LogP contribution in [0.25, 0.3) is 0 Å². The first-order valence-electron chi connectivity index (χ1n) is 9.37. The molecule has 2 amide bonds. The number of β-lactam (4-membered cyclic amide) rings is 2. The molecule has 0 aromatic rings. The van der Waals surface area contributed by atoms with E-state index in [4.69, 9.17) is 29.2 Å². The van der Waals surface area contributed by atoms with E-state index >= 15 is 0 Å². The van der Waals surface area contributed by atoms with Gasteiger partial charge in [-0.3, -0.25) is 19.2 Å². The first kappa shape index (κ1) is 29.4. The molecule has 182 valence electrons. The molecule has 0 aliphatic carbocycles. The summed E-state index contributed by atoms with van der Waals surface area (Å²) in [4.78, 5) is 43.4. The van der Waals surface area contributed by atoms with Gasteiger partial charge in [0.15, 0.2) is 0 Å². The summed E-state index contributed by atoms with van der Waals surface area (Å²) in [6, 6.07) is -0.663. The van der Waals surface area contributed by atoms with Crippen molar-refractivity contribution in [1.82, 2.24) is 10.6 Å². The van der Waals surface area contributed by atoms with Gasteiger partial charge in [0.25, 0.3) is 0 Å². The topological polar surface area (TPSA) is 170 Å². The number of carboxylic acids is 2.